The summed E-state index contributed by atoms with van der Waals surface area (Å²) in [6, 6.07) is 1.94. The molecule has 0 unspecified atom stereocenters. The molecule has 0 bridgehead atoms. The Bertz CT molecular complexity index is 751. The number of nitrogens with zero attached hydrogens (tertiary/aromatic N) is 2. The number of carbonyl (C=O) groups excluding carboxylic acids is 1. The lowest BCUT2D eigenvalue weighted by molar-refractivity contribution is 0.0590. The van der Waals surface area contributed by atoms with Crippen LogP contribution >= 0.6 is 0 Å². The summed E-state index contributed by atoms with van der Waals surface area (Å²) in [4.78, 5) is 19.4. The van der Waals surface area contributed by atoms with E-state index >= 15 is 0 Å². The number of carbonyl (C=O) groups is 1. The predicted octanol–water partition coefficient (Wildman–Crippen LogP) is 2.11. The number of benzene rings is 1. The third-order valence-electron chi connectivity index (χ3n) is 2.96. The van der Waals surface area contributed by atoms with Gasteiger partial charge >= 0.3 is 5.97 Å². The Hall–Kier alpha value is -2.77. The maximum Gasteiger partial charge on any atom is 0.360 e. The molecule has 8 heteroatoms. The van der Waals surface area contributed by atoms with Gasteiger partial charge in [-0.15, -0.1) is 0 Å². The molecule has 0 aliphatic carbocycles. The van der Waals surface area contributed by atoms with Gasteiger partial charge in [0.05, 0.1) is 19.8 Å². The van der Waals surface area contributed by atoms with E-state index in [0.717, 1.165) is 19.2 Å². The van der Waals surface area contributed by atoms with E-state index in [2.05, 4.69) is 14.7 Å². The molecule has 116 valence electrons. The van der Waals surface area contributed by atoms with E-state index in [1.165, 1.54) is 14.0 Å². The van der Waals surface area contributed by atoms with Crippen molar-refractivity contribution in [3.8, 4) is 17.1 Å². The van der Waals surface area contributed by atoms with Crippen LogP contribution in [-0.2, 0) is 4.74 Å². The Labute approximate surface area is 124 Å². The molecule has 0 radical (unpaired) electrons. The Morgan fingerprint density at radius 3 is 2.45 bits per heavy atom. The Morgan fingerprint density at radius 1 is 1.18 bits per heavy atom. The Morgan fingerprint density at radius 2 is 1.86 bits per heavy atom. The minimum absolute atomic E-state index is 0.0939. The highest BCUT2D eigenvalue weighted by Gasteiger charge is 2.22. The number of nitrogens with two attached hydrogens (primary N) is 1. The van der Waals surface area contributed by atoms with Crippen molar-refractivity contribution in [3.63, 3.8) is 0 Å². The number of esters is 1. The van der Waals surface area contributed by atoms with Gasteiger partial charge in [-0.3, -0.25) is 0 Å². The summed E-state index contributed by atoms with van der Waals surface area (Å²) in [7, 11) is 2.42. The number of hydrogen-bond acceptors (Lipinski definition) is 6. The van der Waals surface area contributed by atoms with Gasteiger partial charge in [0.25, 0.3) is 0 Å². The number of ether oxygens (including phenoxy) is 2. The van der Waals surface area contributed by atoms with Gasteiger partial charge < -0.3 is 15.2 Å². The lowest BCUT2D eigenvalue weighted by Crippen LogP contribution is -2.12. The first-order chi connectivity index (χ1) is 10.4. The standard InChI is InChI=1S/C14H13F2N3O3/c1-6-4-9(16)7(5-8(6)15)13-18-10(14(20)22-3)11(21-2)12(17)19-13/h4-5H,1-3H3,(H2,17,18,19). The van der Waals surface area contributed by atoms with Crippen LogP contribution in [0, 0.1) is 18.6 Å². The first-order valence-electron chi connectivity index (χ1n) is 6.14. The average molecular weight is 309 g/mol. The number of hydrogen-bond donors (Lipinski definition) is 1. The minimum atomic E-state index is -0.833. The van der Waals surface area contributed by atoms with Gasteiger partial charge in [0.15, 0.2) is 23.1 Å². The lowest BCUT2D eigenvalue weighted by Gasteiger charge is -2.11. The Kier molecular flexibility index (Phi) is 4.20. The van der Waals surface area contributed by atoms with Gasteiger partial charge in [0.1, 0.15) is 11.6 Å². The SMILES string of the molecule is COC(=O)c1nc(-c2cc(F)c(C)cc2F)nc(N)c1OC. The maximum atomic E-state index is 14.0. The van der Waals surface area contributed by atoms with E-state index < -0.39 is 17.6 Å². The lowest BCUT2D eigenvalue weighted by atomic mass is 10.1. The summed E-state index contributed by atoms with van der Waals surface area (Å²) in [6.45, 7) is 1.42. The van der Waals surface area contributed by atoms with Gasteiger partial charge in [0.2, 0.25) is 0 Å². The highest BCUT2D eigenvalue weighted by Crippen LogP contribution is 2.29. The van der Waals surface area contributed by atoms with Crippen LogP contribution in [0.5, 0.6) is 5.75 Å². The molecule has 0 saturated heterocycles. The van der Waals surface area contributed by atoms with Crippen molar-refractivity contribution in [2.45, 2.75) is 6.92 Å². The first kappa shape index (κ1) is 15.6. The zero-order valence-electron chi connectivity index (χ0n) is 12.1. The largest absolute Gasteiger partial charge is 0.491 e. The number of aryl methyl sites for hydroxylation is 1. The summed E-state index contributed by atoms with van der Waals surface area (Å²) in [6.07, 6.45) is 0. The van der Waals surface area contributed by atoms with Crippen molar-refractivity contribution in [1.29, 1.82) is 0 Å². The van der Waals surface area contributed by atoms with Crippen molar-refractivity contribution >= 4 is 11.8 Å². The predicted molar refractivity (Wildman–Crippen MR) is 74.4 cm³/mol. The van der Waals surface area contributed by atoms with Crippen LogP contribution < -0.4 is 10.5 Å². The average Bonchev–Trinajstić information content (AvgIpc) is 2.49. The number of methoxy groups -OCH3 is 2. The molecule has 2 aromatic rings. The number of halogens is 2. The summed E-state index contributed by atoms with van der Waals surface area (Å²) in [5.41, 5.74) is 5.33. The number of nitrogen functional groups attached to an aromatic ring is 1. The van der Waals surface area contributed by atoms with Crippen molar-refractivity contribution in [2.24, 2.45) is 0 Å². The minimum Gasteiger partial charge on any atom is -0.491 e. The van der Waals surface area contributed by atoms with Gasteiger partial charge in [0, 0.05) is 0 Å². The molecule has 1 heterocycles. The second-order valence-corrected chi connectivity index (χ2v) is 4.39. The molecular formula is C14H13F2N3O3. The van der Waals surface area contributed by atoms with Gasteiger partial charge in [-0.25, -0.2) is 23.5 Å². The molecule has 22 heavy (non-hydrogen) atoms. The zero-order chi connectivity index (χ0) is 16.4. The quantitative estimate of drug-likeness (QED) is 0.874. The second-order valence-electron chi connectivity index (χ2n) is 4.39. The van der Waals surface area contributed by atoms with Crippen LogP contribution in [0.4, 0.5) is 14.6 Å². The van der Waals surface area contributed by atoms with Gasteiger partial charge in [-0.05, 0) is 24.6 Å². The number of rotatable bonds is 3. The van der Waals surface area contributed by atoms with Crippen LogP contribution in [0.1, 0.15) is 16.1 Å². The fourth-order valence-corrected chi connectivity index (χ4v) is 1.84. The highest BCUT2D eigenvalue weighted by atomic mass is 19.1. The molecule has 2 rings (SSSR count). The van der Waals surface area contributed by atoms with E-state index in [1.54, 1.807) is 0 Å². The van der Waals surface area contributed by atoms with Crippen molar-refractivity contribution < 1.29 is 23.0 Å². The molecule has 1 aromatic carbocycles. The smallest absolute Gasteiger partial charge is 0.360 e. The van der Waals surface area contributed by atoms with E-state index in [9.17, 15) is 13.6 Å². The molecule has 0 atom stereocenters. The fourth-order valence-electron chi connectivity index (χ4n) is 1.84. The maximum absolute atomic E-state index is 14.0. The van der Waals surface area contributed by atoms with Crippen LogP contribution in [0.2, 0.25) is 0 Å². The van der Waals surface area contributed by atoms with Crippen molar-refractivity contribution in [3.05, 3.63) is 35.0 Å². The van der Waals surface area contributed by atoms with Crippen molar-refractivity contribution in [1.82, 2.24) is 9.97 Å². The molecule has 0 fully saturated rings. The molecule has 6 nitrogen and oxygen atoms in total. The zero-order valence-corrected chi connectivity index (χ0v) is 12.1. The van der Waals surface area contributed by atoms with Crippen molar-refractivity contribution in [2.75, 3.05) is 20.0 Å². The van der Waals surface area contributed by atoms with E-state index in [1.807, 2.05) is 0 Å². The van der Waals surface area contributed by atoms with Crippen LogP contribution in [-0.4, -0.2) is 30.2 Å². The summed E-state index contributed by atoms with van der Waals surface area (Å²) >= 11 is 0. The third kappa shape index (κ3) is 2.67. The third-order valence-corrected chi connectivity index (χ3v) is 2.96. The van der Waals surface area contributed by atoms with Crippen LogP contribution in [0.25, 0.3) is 11.4 Å². The van der Waals surface area contributed by atoms with Gasteiger partial charge in [-0.1, -0.05) is 0 Å². The Balaban J connectivity index is 2.70. The second kappa shape index (κ2) is 5.92. The number of aromatic nitrogens is 2. The van der Waals surface area contributed by atoms with E-state index in [-0.39, 0.29) is 34.2 Å². The molecule has 0 aliphatic rings. The highest BCUT2D eigenvalue weighted by molar-refractivity contribution is 5.92. The molecular weight excluding hydrogens is 296 g/mol. The molecule has 0 spiro atoms. The summed E-state index contributed by atoms with van der Waals surface area (Å²) < 4.78 is 37.2. The van der Waals surface area contributed by atoms with E-state index in [4.69, 9.17) is 10.5 Å². The van der Waals surface area contributed by atoms with Crippen LogP contribution in [0.3, 0.4) is 0 Å². The van der Waals surface area contributed by atoms with Gasteiger partial charge in [-0.2, -0.15) is 0 Å². The first-order valence-corrected chi connectivity index (χ1v) is 6.14. The van der Waals surface area contributed by atoms with Crippen LogP contribution in [0.15, 0.2) is 12.1 Å². The summed E-state index contributed by atoms with van der Waals surface area (Å²) in [5, 5.41) is 0. The topological polar surface area (TPSA) is 87.3 Å². The molecule has 0 saturated carbocycles. The summed E-state index contributed by atoms with van der Waals surface area (Å²) in [5.74, 6) is -2.72. The molecule has 1 aromatic heterocycles. The monoisotopic (exact) mass is 309 g/mol. The normalized spacial score (nSPS) is 10.4. The van der Waals surface area contributed by atoms with E-state index in [0.29, 0.717) is 0 Å². The fraction of sp³-hybridized carbons (Fsp3) is 0.214. The number of anilines is 1. The molecule has 2 N–H and O–H groups in total. The molecule has 0 amide bonds. The molecule has 0 aliphatic heterocycles.